The summed E-state index contributed by atoms with van der Waals surface area (Å²) in [6.45, 7) is 1.97. The fourth-order valence-electron chi connectivity index (χ4n) is 1.72. The zero-order chi connectivity index (χ0) is 12.3. The molecule has 17 heavy (non-hydrogen) atoms. The van der Waals surface area contributed by atoms with Crippen LogP contribution in [0.5, 0.6) is 5.88 Å². The lowest BCUT2D eigenvalue weighted by Gasteiger charge is -2.05. The number of benzene rings is 1. The molecule has 0 unspecified atom stereocenters. The fraction of sp³-hybridized carbons (Fsp3) is 0.143. The molecule has 0 bridgehead atoms. The summed E-state index contributed by atoms with van der Waals surface area (Å²) in [6, 6.07) is 9.46. The van der Waals surface area contributed by atoms with Crippen molar-refractivity contribution in [2.24, 2.45) is 0 Å². The first-order valence-corrected chi connectivity index (χ1v) is 5.30. The van der Waals surface area contributed by atoms with Crippen LogP contribution in [0.3, 0.4) is 0 Å². The van der Waals surface area contributed by atoms with Crippen LogP contribution in [0.25, 0.3) is 11.1 Å². The summed E-state index contributed by atoms with van der Waals surface area (Å²) in [7, 11) is 1.58. The Bertz CT molecular complexity index is 532. The summed E-state index contributed by atoms with van der Waals surface area (Å²) in [6.07, 6.45) is 2.59. The Balaban J connectivity index is 2.44. The second-order valence-corrected chi connectivity index (χ2v) is 3.84. The molecule has 3 heteroatoms. The van der Waals surface area contributed by atoms with Crippen LogP contribution in [-0.4, -0.2) is 18.4 Å². The Morgan fingerprint density at radius 2 is 2.00 bits per heavy atom. The predicted octanol–water partition coefficient (Wildman–Crippen LogP) is 2.88. The van der Waals surface area contributed by atoms with Crippen LogP contribution in [0.2, 0.25) is 0 Å². The molecule has 0 spiro atoms. The van der Waals surface area contributed by atoms with Crippen molar-refractivity contribution in [2.75, 3.05) is 7.11 Å². The third-order valence-corrected chi connectivity index (χ3v) is 2.51. The van der Waals surface area contributed by atoms with Crippen molar-refractivity contribution in [1.82, 2.24) is 4.98 Å². The molecule has 1 aromatic carbocycles. The van der Waals surface area contributed by atoms with Crippen molar-refractivity contribution in [3.63, 3.8) is 0 Å². The summed E-state index contributed by atoms with van der Waals surface area (Å²) in [5, 5.41) is 0. The summed E-state index contributed by atoms with van der Waals surface area (Å²) < 4.78 is 5.01. The van der Waals surface area contributed by atoms with Gasteiger partial charge in [-0.2, -0.15) is 0 Å². The van der Waals surface area contributed by atoms with Crippen LogP contribution >= 0.6 is 0 Å². The van der Waals surface area contributed by atoms with Gasteiger partial charge in [0.15, 0.2) is 0 Å². The number of aryl methyl sites for hydroxylation is 1. The lowest BCUT2D eigenvalue weighted by Crippen LogP contribution is -1.89. The van der Waals surface area contributed by atoms with Gasteiger partial charge < -0.3 is 4.74 Å². The van der Waals surface area contributed by atoms with E-state index in [9.17, 15) is 4.79 Å². The van der Waals surface area contributed by atoms with Crippen LogP contribution in [0, 0.1) is 6.92 Å². The lowest BCUT2D eigenvalue weighted by atomic mass is 10.0. The number of aromatic nitrogens is 1. The van der Waals surface area contributed by atoms with Gasteiger partial charge in [0.05, 0.1) is 7.11 Å². The number of rotatable bonds is 3. The summed E-state index contributed by atoms with van der Waals surface area (Å²) in [5.41, 5.74) is 3.69. The van der Waals surface area contributed by atoms with E-state index in [1.165, 1.54) is 0 Å². The van der Waals surface area contributed by atoms with E-state index in [2.05, 4.69) is 4.98 Å². The minimum absolute atomic E-state index is 0.581. The monoisotopic (exact) mass is 227 g/mol. The highest BCUT2D eigenvalue weighted by Gasteiger charge is 2.02. The first kappa shape index (κ1) is 11.3. The molecule has 86 valence electrons. The highest BCUT2D eigenvalue weighted by atomic mass is 16.5. The van der Waals surface area contributed by atoms with Crippen molar-refractivity contribution in [1.29, 1.82) is 0 Å². The summed E-state index contributed by atoms with van der Waals surface area (Å²) >= 11 is 0. The van der Waals surface area contributed by atoms with Crippen LogP contribution in [0.4, 0.5) is 0 Å². The quantitative estimate of drug-likeness (QED) is 0.757. The van der Waals surface area contributed by atoms with E-state index in [1.54, 1.807) is 19.4 Å². The Morgan fingerprint density at radius 1 is 1.18 bits per heavy atom. The molecule has 0 aliphatic carbocycles. The normalized spacial score (nSPS) is 10.0. The van der Waals surface area contributed by atoms with E-state index < -0.39 is 0 Å². The number of ether oxygens (including phenoxy) is 1. The number of hydrogen-bond donors (Lipinski definition) is 0. The number of aldehydes is 1. The number of carbonyl (C=O) groups is 1. The molecule has 2 aromatic rings. The molecule has 2 rings (SSSR count). The van der Waals surface area contributed by atoms with Crippen LogP contribution in [0.15, 0.2) is 36.5 Å². The smallest absolute Gasteiger partial charge is 0.212 e. The van der Waals surface area contributed by atoms with Gasteiger partial charge in [0.1, 0.15) is 6.29 Å². The second kappa shape index (κ2) is 4.78. The number of pyridine rings is 1. The first-order valence-electron chi connectivity index (χ1n) is 5.30. The Morgan fingerprint density at radius 3 is 2.59 bits per heavy atom. The molecule has 0 amide bonds. The SMILES string of the molecule is COc1ccc(-c2cc(C)cc(C=O)c2)cn1. The van der Waals surface area contributed by atoms with Crippen molar-refractivity contribution >= 4 is 6.29 Å². The number of hydrogen-bond acceptors (Lipinski definition) is 3. The molecule has 0 N–H and O–H groups in total. The van der Waals surface area contributed by atoms with Gasteiger partial charge in [-0.05, 0) is 36.2 Å². The van der Waals surface area contributed by atoms with Crippen molar-refractivity contribution < 1.29 is 9.53 Å². The largest absolute Gasteiger partial charge is 0.481 e. The molecular weight excluding hydrogens is 214 g/mol. The van der Waals surface area contributed by atoms with Crippen molar-refractivity contribution in [3.05, 3.63) is 47.7 Å². The number of nitrogens with zero attached hydrogens (tertiary/aromatic N) is 1. The lowest BCUT2D eigenvalue weighted by molar-refractivity contribution is 0.112. The molecule has 1 aromatic heterocycles. The molecular formula is C14H13NO2. The van der Waals surface area contributed by atoms with Crippen molar-refractivity contribution in [3.8, 4) is 17.0 Å². The van der Waals surface area contributed by atoms with Crippen LogP contribution in [0.1, 0.15) is 15.9 Å². The molecule has 0 fully saturated rings. The average Bonchev–Trinajstić information content (AvgIpc) is 2.38. The van der Waals surface area contributed by atoms with E-state index in [1.807, 2.05) is 31.2 Å². The Kier molecular flexibility index (Phi) is 3.19. The van der Waals surface area contributed by atoms with E-state index in [0.717, 1.165) is 23.0 Å². The minimum atomic E-state index is 0.581. The Hall–Kier alpha value is -2.16. The third kappa shape index (κ3) is 2.50. The predicted molar refractivity (Wildman–Crippen MR) is 66.3 cm³/mol. The van der Waals surface area contributed by atoms with Gasteiger partial charge >= 0.3 is 0 Å². The second-order valence-electron chi connectivity index (χ2n) is 3.84. The molecule has 0 radical (unpaired) electrons. The Labute approximate surface area is 100 Å². The van der Waals surface area contributed by atoms with E-state index in [4.69, 9.17) is 4.74 Å². The zero-order valence-electron chi connectivity index (χ0n) is 9.81. The van der Waals surface area contributed by atoms with Gasteiger partial charge in [0.25, 0.3) is 0 Å². The highest BCUT2D eigenvalue weighted by molar-refractivity contribution is 5.79. The van der Waals surface area contributed by atoms with Crippen LogP contribution < -0.4 is 4.74 Å². The van der Waals surface area contributed by atoms with Gasteiger partial charge in [-0.25, -0.2) is 4.98 Å². The molecule has 0 saturated carbocycles. The molecule has 0 aliphatic rings. The van der Waals surface area contributed by atoms with Crippen molar-refractivity contribution in [2.45, 2.75) is 6.92 Å². The minimum Gasteiger partial charge on any atom is -0.481 e. The summed E-state index contributed by atoms with van der Waals surface area (Å²) in [4.78, 5) is 15.0. The first-order chi connectivity index (χ1) is 8.22. The average molecular weight is 227 g/mol. The van der Waals surface area contributed by atoms with Crippen LogP contribution in [-0.2, 0) is 0 Å². The van der Waals surface area contributed by atoms with E-state index >= 15 is 0 Å². The fourth-order valence-corrected chi connectivity index (χ4v) is 1.72. The topological polar surface area (TPSA) is 39.2 Å². The maximum atomic E-state index is 10.8. The maximum absolute atomic E-state index is 10.8. The maximum Gasteiger partial charge on any atom is 0.212 e. The van der Waals surface area contributed by atoms with Gasteiger partial charge in [-0.3, -0.25) is 4.79 Å². The number of methoxy groups -OCH3 is 1. The highest BCUT2D eigenvalue weighted by Crippen LogP contribution is 2.22. The zero-order valence-corrected chi connectivity index (χ0v) is 9.81. The van der Waals surface area contributed by atoms with Gasteiger partial charge in [-0.15, -0.1) is 0 Å². The van der Waals surface area contributed by atoms with Gasteiger partial charge in [-0.1, -0.05) is 6.07 Å². The van der Waals surface area contributed by atoms with Gasteiger partial charge in [0, 0.05) is 23.4 Å². The third-order valence-electron chi connectivity index (χ3n) is 2.51. The standard InChI is InChI=1S/C14H13NO2/c1-10-5-11(9-16)7-13(6-10)12-3-4-14(17-2)15-8-12/h3-9H,1-2H3. The molecule has 1 heterocycles. The molecule has 0 aliphatic heterocycles. The number of carbonyl (C=O) groups excluding carboxylic acids is 1. The molecule has 0 saturated heterocycles. The molecule has 0 atom stereocenters. The van der Waals surface area contributed by atoms with E-state index in [0.29, 0.717) is 11.4 Å². The summed E-state index contributed by atoms with van der Waals surface area (Å²) in [5.74, 6) is 0.581. The van der Waals surface area contributed by atoms with E-state index in [-0.39, 0.29) is 0 Å². The molecule has 3 nitrogen and oxygen atoms in total. The van der Waals surface area contributed by atoms with Gasteiger partial charge in [0.2, 0.25) is 5.88 Å².